The van der Waals surface area contributed by atoms with E-state index in [1.807, 2.05) is 6.07 Å². The standard InChI is InChI=1S/C17H24N2O2S/c1-13-5-4-6-14(11-13)12-22-10-9-16(20)19-17(21)18-15-7-2-3-8-15/h4-6,11,15H,2-3,7-10,12H2,1H3,(H2,18,19,20,21). The van der Waals surface area contributed by atoms with Gasteiger partial charge in [0.05, 0.1) is 0 Å². The number of carbonyl (C=O) groups excluding carboxylic acids is 2. The highest BCUT2D eigenvalue weighted by molar-refractivity contribution is 7.98. The third-order valence-electron chi connectivity index (χ3n) is 3.77. The molecule has 0 saturated heterocycles. The van der Waals surface area contributed by atoms with Crippen LogP contribution in [0.15, 0.2) is 24.3 Å². The van der Waals surface area contributed by atoms with Gasteiger partial charge in [0.1, 0.15) is 0 Å². The number of imide groups is 1. The van der Waals surface area contributed by atoms with Crippen molar-refractivity contribution >= 4 is 23.7 Å². The third kappa shape index (κ3) is 6.10. The quantitative estimate of drug-likeness (QED) is 0.790. The number of urea groups is 1. The summed E-state index contributed by atoms with van der Waals surface area (Å²) in [6.07, 6.45) is 4.74. The maximum atomic E-state index is 11.7. The predicted molar refractivity (Wildman–Crippen MR) is 90.9 cm³/mol. The maximum Gasteiger partial charge on any atom is 0.321 e. The minimum atomic E-state index is -0.347. The molecule has 0 unspecified atom stereocenters. The summed E-state index contributed by atoms with van der Waals surface area (Å²) >= 11 is 1.71. The first kappa shape index (κ1) is 16.9. The highest BCUT2D eigenvalue weighted by Gasteiger charge is 2.17. The summed E-state index contributed by atoms with van der Waals surface area (Å²) in [5, 5.41) is 5.27. The van der Waals surface area contributed by atoms with Gasteiger partial charge in [0.25, 0.3) is 0 Å². The Kier molecular flexibility index (Phi) is 6.77. The Morgan fingerprint density at radius 3 is 2.77 bits per heavy atom. The van der Waals surface area contributed by atoms with E-state index >= 15 is 0 Å². The Balaban J connectivity index is 1.58. The van der Waals surface area contributed by atoms with Crippen molar-refractivity contribution in [2.45, 2.75) is 50.8 Å². The fraction of sp³-hybridized carbons (Fsp3) is 0.529. The van der Waals surface area contributed by atoms with Crippen molar-refractivity contribution in [3.05, 3.63) is 35.4 Å². The van der Waals surface area contributed by atoms with Crippen LogP contribution in [0, 0.1) is 6.92 Å². The second-order valence-corrected chi connectivity index (χ2v) is 6.90. The molecule has 22 heavy (non-hydrogen) atoms. The van der Waals surface area contributed by atoms with Gasteiger partial charge in [-0.2, -0.15) is 11.8 Å². The highest BCUT2D eigenvalue weighted by Crippen LogP contribution is 2.17. The zero-order valence-corrected chi connectivity index (χ0v) is 13.9. The normalized spacial score (nSPS) is 14.8. The van der Waals surface area contributed by atoms with E-state index in [-0.39, 0.29) is 18.0 Å². The molecule has 4 nitrogen and oxygen atoms in total. The van der Waals surface area contributed by atoms with E-state index < -0.39 is 0 Å². The molecule has 0 atom stereocenters. The summed E-state index contributed by atoms with van der Waals surface area (Å²) in [5.41, 5.74) is 2.52. The average molecular weight is 320 g/mol. The number of thioether (sulfide) groups is 1. The zero-order chi connectivity index (χ0) is 15.8. The Morgan fingerprint density at radius 2 is 2.05 bits per heavy atom. The van der Waals surface area contributed by atoms with Gasteiger partial charge in [0.2, 0.25) is 5.91 Å². The number of rotatable bonds is 6. The van der Waals surface area contributed by atoms with Gasteiger partial charge in [-0.3, -0.25) is 10.1 Å². The van der Waals surface area contributed by atoms with Crippen molar-refractivity contribution in [2.75, 3.05) is 5.75 Å². The largest absolute Gasteiger partial charge is 0.335 e. The van der Waals surface area contributed by atoms with Crippen molar-refractivity contribution in [1.29, 1.82) is 0 Å². The van der Waals surface area contributed by atoms with Gasteiger partial charge in [0.15, 0.2) is 0 Å². The Morgan fingerprint density at radius 1 is 1.27 bits per heavy atom. The van der Waals surface area contributed by atoms with Gasteiger partial charge >= 0.3 is 6.03 Å². The van der Waals surface area contributed by atoms with E-state index in [4.69, 9.17) is 0 Å². The minimum Gasteiger partial charge on any atom is -0.335 e. The second-order valence-electron chi connectivity index (χ2n) is 5.79. The third-order valence-corrected chi connectivity index (χ3v) is 4.80. The molecule has 0 aliphatic heterocycles. The summed E-state index contributed by atoms with van der Waals surface area (Å²) in [4.78, 5) is 23.4. The number of carbonyl (C=O) groups is 2. The van der Waals surface area contributed by atoms with Crippen molar-refractivity contribution in [2.24, 2.45) is 0 Å². The summed E-state index contributed by atoms with van der Waals surface area (Å²) in [7, 11) is 0. The first-order valence-electron chi connectivity index (χ1n) is 7.87. The zero-order valence-electron chi connectivity index (χ0n) is 13.1. The van der Waals surface area contributed by atoms with E-state index in [0.717, 1.165) is 37.2 Å². The molecule has 120 valence electrons. The van der Waals surface area contributed by atoms with E-state index in [1.54, 1.807) is 11.8 Å². The minimum absolute atomic E-state index is 0.202. The van der Waals surface area contributed by atoms with E-state index in [9.17, 15) is 9.59 Å². The SMILES string of the molecule is Cc1cccc(CSCCC(=O)NC(=O)NC2CCCC2)c1. The number of nitrogens with one attached hydrogen (secondary N) is 2. The lowest BCUT2D eigenvalue weighted by molar-refractivity contribution is -0.119. The van der Waals surface area contributed by atoms with Gasteiger partial charge in [-0.25, -0.2) is 4.79 Å². The molecule has 3 amide bonds. The van der Waals surface area contributed by atoms with Crippen LogP contribution in [-0.4, -0.2) is 23.7 Å². The first-order valence-corrected chi connectivity index (χ1v) is 9.02. The first-order chi connectivity index (χ1) is 10.6. The van der Waals surface area contributed by atoms with Gasteiger partial charge in [-0.1, -0.05) is 42.7 Å². The summed E-state index contributed by atoms with van der Waals surface area (Å²) in [5.74, 6) is 1.41. The molecular weight excluding hydrogens is 296 g/mol. The van der Waals surface area contributed by atoms with Gasteiger partial charge < -0.3 is 5.32 Å². The molecule has 0 heterocycles. The molecule has 1 aliphatic carbocycles. The van der Waals surface area contributed by atoms with Crippen molar-refractivity contribution in [1.82, 2.24) is 10.6 Å². The number of aryl methyl sites for hydroxylation is 1. The van der Waals surface area contributed by atoms with Gasteiger partial charge in [-0.15, -0.1) is 0 Å². The molecule has 1 aliphatic rings. The summed E-state index contributed by atoms with van der Waals surface area (Å²) in [6.45, 7) is 2.07. The van der Waals surface area contributed by atoms with Crippen LogP contribution in [0.4, 0.5) is 4.79 Å². The predicted octanol–water partition coefficient (Wildman–Crippen LogP) is 3.39. The number of benzene rings is 1. The molecule has 1 saturated carbocycles. The smallest absolute Gasteiger partial charge is 0.321 e. The molecule has 2 rings (SSSR count). The Labute approximate surface area is 136 Å². The number of hydrogen-bond acceptors (Lipinski definition) is 3. The Hall–Kier alpha value is -1.49. The van der Waals surface area contributed by atoms with Gasteiger partial charge in [0, 0.05) is 24.0 Å². The topological polar surface area (TPSA) is 58.2 Å². The molecule has 0 radical (unpaired) electrons. The van der Waals surface area contributed by atoms with Crippen LogP contribution in [0.5, 0.6) is 0 Å². The molecule has 1 fully saturated rings. The molecule has 0 aromatic heterocycles. The lowest BCUT2D eigenvalue weighted by Gasteiger charge is -2.12. The van der Waals surface area contributed by atoms with E-state index in [0.29, 0.717) is 6.42 Å². The monoisotopic (exact) mass is 320 g/mol. The van der Waals surface area contributed by atoms with Gasteiger partial charge in [-0.05, 0) is 25.3 Å². The van der Waals surface area contributed by atoms with Crippen LogP contribution in [0.25, 0.3) is 0 Å². The summed E-state index contributed by atoms with van der Waals surface area (Å²) < 4.78 is 0. The van der Waals surface area contributed by atoms with E-state index in [1.165, 1.54) is 11.1 Å². The number of amides is 3. The summed E-state index contributed by atoms with van der Waals surface area (Å²) in [6, 6.07) is 8.26. The lowest BCUT2D eigenvalue weighted by Crippen LogP contribution is -2.43. The molecule has 1 aromatic rings. The highest BCUT2D eigenvalue weighted by atomic mass is 32.2. The van der Waals surface area contributed by atoms with Crippen LogP contribution in [0.2, 0.25) is 0 Å². The number of hydrogen-bond donors (Lipinski definition) is 2. The molecule has 0 bridgehead atoms. The van der Waals surface area contributed by atoms with E-state index in [2.05, 4.69) is 35.8 Å². The van der Waals surface area contributed by atoms with Crippen LogP contribution >= 0.6 is 11.8 Å². The fourth-order valence-electron chi connectivity index (χ4n) is 2.64. The van der Waals surface area contributed by atoms with Crippen LogP contribution in [0.1, 0.15) is 43.2 Å². The van der Waals surface area contributed by atoms with Crippen LogP contribution in [0.3, 0.4) is 0 Å². The molecule has 5 heteroatoms. The van der Waals surface area contributed by atoms with Crippen molar-refractivity contribution in [3.8, 4) is 0 Å². The molecule has 2 N–H and O–H groups in total. The second kappa shape index (κ2) is 8.83. The average Bonchev–Trinajstić information content (AvgIpc) is 2.96. The molecular formula is C17H24N2O2S. The van der Waals surface area contributed by atoms with Crippen molar-refractivity contribution < 1.29 is 9.59 Å². The maximum absolute atomic E-state index is 11.7. The van der Waals surface area contributed by atoms with Crippen LogP contribution in [-0.2, 0) is 10.5 Å². The van der Waals surface area contributed by atoms with Crippen molar-refractivity contribution in [3.63, 3.8) is 0 Å². The Bertz CT molecular complexity index is 513. The lowest BCUT2D eigenvalue weighted by atomic mass is 10.2. The fourth-order valence-corrected chi connectivity index (χ4v) is 3.53. The molecule has 1 aromatic carbocycles. The van der Waals surface area contributed by atoms with Crippen LogP contribution < -0.4 is 10.6 Å². The molecule has 0 spiro atoms.